The van der Waals surface area contributed by atoms with Gasteiger partial charge in [-0.2, -0.15) is 0 Å². The van der Waals surface area contributed by atoms with Crippen LogP contribution in [0.2, 0.25) is 0 Å². The number of hydrogen-bond acceptors (Lipinski definition) is 8. The summed E-state index contributed by atoms with van der Waals surface area (Å²) in [5.41, 5.74) is 1.55. The first-order valence-corrected chi connectivity index (χ1v) is 11.8. The maximum atomic E-state index is 13.1. The second-order valence-corrected chi connectivity index (χ2v) is 8.88. The van der Waals surface area contributed by atoms with Gasteiger partial charge in [0.25, 0.3) is 5.91 Å². The minimum absolute atomic E-state index is 0.134. The number of carbonyl (C=O) groups excluding carboxylic acids is 2. The molecule has 0 saturated carbocycles. The fourth-order valence-electron chi connectivity index (χ4n) is 2.81. The molecule has 1 amide bonds. The molecule has 1 aliphatic heterocycles. The molecule has 1 fully saturated rings. The van der Waals surface area contributed by atoms with Crippen LogP contribution < -0.4 is 9.47 Å². The third-order valence-corrected chi connectivity index (χ3v) is 6.38. The van der Waals surface area contributed by atoms with Gasteiger partial charge < -0.3 is 18.9 Å². The summed E-state index contributed by atoms with van der Waals surface area (Å²) in [4.78, 5) is 31.2. The van der Waals surface area contributed by atoms with Crippen molar-refractivity contribution in [2.75, 3.05) is 41.1 Å². The molecule has 0 aromatic heterocycles. The molecule has 1 saturated heterocycles. The van der Waals surface area contributed by atoms with E-state index in [2.05, 4.69) is 32.3 Å². The van der Waals surface area contributed by atoms with E-state index in [0.29, 0.717) is 29.0 Å². The molecule has 174 valence electrons. The smallest absolute Gasteiger partial charge is 0.343 e. The normalized spacial score (nSPS) is 15.9. The average molecular weight is 582 g/mol. The summed E-state index contributed by atoms with van der Waals surface area (Å²) in [5.74, 6) is 0.715. The Morgan fingerprint density at radius 2 is 1.91 bits per heavy atom. The van der Waals surface area contributed by atoms with Gasteiger partial charge >= 0.3 is 5.97 Å². The Hall–Kier alpha value is -2.57. The highest BCUT2D eigenvalue weighted by Gasteiger charge is 2.33. The first-order chi connectivity index (χ1) is 15.9. The number of benzene rings is 2. The van der Waals surface area contributed by atoms with E-state index in [1.807, 2.05) is 42.5 Å². The van der Waals surface area contributed by atoms with Gasteiger partial charge in [0.2, 0.25) is 0 Å². The highest BCUT2D eigenvalue weighted by Crippen LogP contribution is 2.35. The highest BCUT2D eigenvalue weighted by atomic mass is 127. The fourth-order valence-corrected chi connectivity index (χ4v) is 4.53. The van der Waals surface area contributed by atoms with Crippen molar-refractivity contribution in [3.8, 4) is 11.5 Å². The first-order valence-electron chi connectivity index (χ1n) is 9.87. The molecule has 0 unspecified atom stereocenters. The molecule has 0 N–H and O–H groups in total. The minimum Gasteiger partial charge on any atom is -0.497 e. The van der Waals surface area contributed by atoms with Crippen molar-refractivity contribution < 1.29 is 28.5 Å². The van der Waals surface area contributed by atoms with Crippen LogP contribution in [0.3, 0.4) is 0 Å². The van der Waals surface area contributed by atoms with E-state index in [9.17, 15) is 9.59 Å². The summed E-state index contributed by atoms with van der Waals surface area (Å²) in [5, 5.41) is 0.584. The van der Waals surface area contributed by atoms with E-state index >= 15 is 0 Å². The lowest BCUT2D eigenvalue weighted by Crippen LogP contribution is -2.32. The molecule has 0 bridgehead atoms. The maximum absolute atomic E-state index is 13.1. The van der Waals surface area contributed by atoms with Crippen molar-refractivity contribution in [1.29, 1.82) is 0 Å². The van der Waals surface area contributed by atoms with Crippen LogP contribution in [0.25, 0.3) is 6.08 Å². The predicted molar refractivity (Wildman–Crippen MR) is 136 cm³/mol. The third kappa shape index (κ3) is 6.71. The minimum atomic E-state index is -0.454. The van der Waals surface area contributed by atoms with E-state index in [1.165, 1.54) is 18.9 Å². The lowest BCUT2D eigenvalue weighted by Gasteiger charge is -2.14. The summed E-state index contributed by atoms with van der Waals surface area (Å²) in [6, 6.07) is 12.8. The van der Waals surface area contributed by atoms with Gasteiger partial charge in [-0.3, -0.25) is 9.69 Å². The number of ether oxygens (including phenoxy) is 4. The number of amidine groups is 1. The molecule has 2 aromatic rings. The van der Waals surface area contributed by atoms with Crippen molar-refractivity contribution >= 4 is 63.2 Å². The molecule has 10 heteroatoms. The van der Waals surface area contributed by atoms with Gasteiger partial charge in [-0.05, 0) is 82.4 Å². The third-order valence-electron chi connectivity index (χ3n) is 4.53. The zero-order valence-electron chi connectivity index (χ0n) is 18.4. The molecule has 2 aromatic carbocycles. The Kier molecular flexibility index (Phi) is 9.15. The quantitative estimate of drug-likeness (QED) is 0.250. The van der Waals surface area contributed by atoms with Crippen LogP contribution >= 0.6 is 34.4 Å². The summed E-state index contributed by atoms with van der Waals surface area (Å²) >= 11 is 3.43. The lowest BCUT2D eigenvalue weighted by molar-refractivity contribution is -0.142. The van der Waals surface area contributed by atoms with Crippen LogP contribution in [0.5, 0.6) is 11.5 Å². The molecular weight excluding hydrogens is 559 g/mol. The number of hydrogen-bond donors (Lipinski definition) is 0. The van der Waals surface area contributed by atoms with Crippen LogP contribution in [0.4, 0.5) is 5.69 Å². The Labute approximate surface area is 210 Å². The number of thioether (sulfide) groups is 1. The Bertz CT molecular complexity index is 1070. The van der Waals surface area contributed by atoms with E-state index in [1.54, 1.807) is 25.2 Å². The van der Waals surface area contributed by atoms with Crippen LogP contribution in [0.15, 0.2) is 52.4 Å². The van der Waals surface area contributed by atoms with Gasteiger partial charge in [0.15, 0.2) is 11.8 Å². The van der Waals surface area contributed by atoms with Crippen LogP contribution in [0.1, 0.15) is 5.56 Å². The molecule has 0 radical (unpaired) electrons. The predicted octanol–water partition coefficient (Wildman–Crippen LogP) is 4.10. The molecule has 0 atom stereocenters. The second kappa shape index (κ2) is 12.1. The second-order valence-electron chi connectivity index (χ2n) is 6.71. The van der Waals surface area contributed by atoms with Gasteiger partial charge in [-0.25, -0.2) is 9.79 Å². The molecule has 0 aliphatic carbocycles. The van der Waals surface area contributed by atoms with Crippen LogP contribution in [0, 0.1) is 3.57 Å². The number of carbonyl (C=O) groups is 2. The summed E-state index contributed by atoms with van der Waals surface area (Å²) in [6.45, 7) is 0.624. The number of halogens is 1. The average Bonchev–Trinajstić information content (AvgIpc) is 3.11. The Morgan fingerprint density at radius 1 is 1.15 bits per heavy atom. The van der Waals surface area contributed by atoms with E-state index in [4.69, 9.17) is 14.2 Å². The van der Waals surface area contributed by atoms with Crippen molar-refractivity contribution in [2.45, 2.75) is 0 Å². The SMILES string of the molecule is COCCN1C(=O)/C(=C/c2ccc(OCC(=O)OC)c(I)c2)SC1=Nc1ccc(OC)cc1. The van der Waals surface area contributed by atoms with E-state index in [-0.39, 0.29) is 12.5 Å². The molecule has 1 heterocycles. The molecule has 1 aliphatic rings. The fraction of sp³-hybridized carbons (Fsp3) is 0.261. The highest BCUT2D eigenvalue weighted by molar-refractivity contribution is 14.1. The van der Waals surface area contributed by atoms with Gasteiger partial charge in [-0.1, -0.05) is 6.07 Å². The van der Waals surface area contributed by atoms with Crippen LogP contribution in [-0.4, -0.2) is 63.0 Å². The number of esters is 1. The monoisotopic (exact) mass is 582 g/mol. The molecule has 3 rings (SSSR count). The van der Waals surface area contributed by atoms with Gasteiger partial charge in [0, 0.05) is 7.11 Å². The van der Waals surface area contributed by atoms with Crippen molar-refractivity contribution in [2.24, 2.45) is 4.99 Å². The van der Waals surface area contributed by atoms with E-state index in [0.717, 1.165) is 20.6 Å². The van der Waals surface area contributed by atoms with Crippen LogP contribution in [-0.2, 0) is 19.1 Å². The summed E-state index contributed by atoms with van der Waals surface area (Å²) in [7, 11) is 4.51. The number of rotatable bonds is 9. The summed E-state index contributed by atoms with van der Waals surface area (Å²) < 4.78 is 21.2. The van der Waals surface area contributed by atoms with Crippen molar-refractivity contribution in [1.82, 2.24) is 4.90 Å². The molecular formula is C23H23IN2O6S. The molecule has 0 spiro atoms. The number of amides is 1. The van der Waals surface area contributed by atoms with E-state index < -0.39 is 5.97 Å². The Balaban J connectivity index is 1.83. The zero-order chi connectivity index (χ0) is 23.8. The van der Waals surface area contributed by atoms with Gasteiger partial charge in [0.05, 0.1) is 41.5 Å². The number of nitrogens with zero attached hydrogens (tertiary/aromatic N) is 2. The number of methoxy groups -OCH3 is 3. The topological polar surface area (TPSA) is 86.7 Å². The van der Waals surface area contributed by atoms with Crippen molar-refractivity contribution in [3.63, 3.8) is 0 Å². The maximum Gasteiger partial charge on any atom is 0.343 e. The molecule has 33 heavy (non-hydrogen) atoms. The summed E-state index contributed by atoms with van der Waals surface area (Å²) in [6.07, 6.45) is 1.82. The molecule has 8 nitrogen and oxygen atoms in total. The largest absolute Gasteiger partial charge is 0.497 e. The Morgan fingerprint density at radius 3 is 2.55 bits per heavy atom. The first kappa shape index (κ1) is 25.1. The zero-order valence-corrected chi connectivity index (χ0v) is 21.3. The standard InChI is InChI=1S/C23H23IN2O6S/c1-29-11-10-26-22(28)20(33-23(26)25-16-5-7-17(30-2)8-6-16)13-15-4-9-19(18(24)12-15)32-14-21(27)31-3/h4-9,12-13H,10-11,14H2,1-3H3/b20-13-,25-23?. The van der Waals surface area contributed by atoms with Gasteiger partial charge in [-0.15, -0.1) is 0 Å². The van der Waals surface area contributed by atoms with Gasteiger partial charge in [0.1, 0.15) is 11.5 Å². The lowest BCUT2D eigenvalue weighted by atomic mass is 10.2. The number of aliphatic imine (C=N–C) groups is 1. The van der Waals surface area contributed by atoms with Crippen molar-refractivity contribution in [3.05, 3.63) is 56.5 Å².